The van der Waals surface area contributed by atoms with Gasteiger partial charge in [-0.2, -0.15) is 5.21 Å². The van der Waals surface area contributed by atoms with E-state index in [4.69, 9.17) is 5.11 Å². The van der Waals surface area contributed by atoms with Crippen molar-refractivity contribution >= 4 is 5.97 Å². The molecule has 0 aliphatic heterocycles. The normalized spacial score (nSPS) is 11.5. The van der Waals surface area contributed by atoms with E-state index in [0.717, 1.165) is 0 Å². The van der Waals surface area contributed by atoms with Crippen molar-refractivity contribution in [2.24, 2.45) is 0 Å². The van der Waals surface area contributed by atoms with Crippen LogP contribution < -0.4 is 0 Å². The summed E-state index contributed by atoms with van der Waals surface area (Å²) in [6.07, 6.45) is 0. The van der Waals surface area contributed by atoms with Crippen molar-refractivity contribution in [3.05, 3.63) is 5.82 Å². The average molecular weight is 156 g/mol. The molecule has 0 aliphatic carbocycles. The Morgan fingerprint density at radius 3 is 2.64 bits per heavy atom. The third kappa shape index (κ3) is 1.19. The third-order valence-corrected chi connectivity index (χ3v) is 1.44. The predicted octanol–water partition coefficient (Wildman–Crippen LogP) is -0.438. The van der Waals surface area contributed by atoms with Gasteiger partial charge in [-0.25, -0.2) is 0 Å². The summed E-state index contributed by atoms with van der Waals surface area (Å²) >= 11 is 0. The van der Waals surface area contributed by atoms with Crippen LogP contribution in [-0.2, 0) is 10.2 Å². The molecule has 0 atom stereocenters. The molecule has 0 saturated heterocycles. The molecule has 0 aliphatic rings. The number of hydrogen-bond donors (Lipinski definition) is 2. The number of carboxylic acids is 1. The van der Waals surface area contributed by atoms with Crippen LogP contribution in [0, 0.1) is 0 Å². The Morgan fingerprint density at radius 1 is 1.64 bits per heavy atom. The highest BCUT2D eigenvalue weighted by atomic mass is 16.4. The first kappa shape index (κ1) is 7.64. The maximum atomic E-state index is 10.6. The number of rotatable bonds is 2. The lowest BCUT2D eigenvalue weighted by atomic mass is 9.93. The van der Waals surface area contributed by atoms with E-state index in [1.807, 2.05) is 0 Å². The summed E-state index contributed by atoms with van der Waals surface area (Å²) in [5.41, 5.74) is -1.08. The highest BCUT2D eigenvalue weighted by molar-refractivity contribution is 5.78. The number of nitrogens with one attached hydrogen (secondary N) is 1. The van der Waals surface area contributed by atoms with Crippen LogP contribution in [0.3, 0.4) is 0 Å². The molecule has 11 heavy (non-hydrogen) atoms. The molecule has 1 aromatic heterocycles. The quantitative estimate of drug-likeness (QED) is 0.605. The zero-order valence-electron chi connectivity index (χ0n) is 6.20. The molecular weight excluding hydrogens is 148 g/mol. The zero-order valence-corrected chi connectivity index (χ0v) is 6.20. The van der Waals surface area contributed by atoms with Gasteiger partial charge in [-0.15, -0.1) is 10.2 Å². The number of aliphatic carboxylic acids is 1. The molecule has 6 nitrogen and oxygen atoms in total. The molecule has 60 valence electrons. The van der Waals surface area contributed by atoms with E-state index < -0.39 is 11.4 Å². The Morgan fingerprint density at radius 2 is 2.27 bits per heavy atom. The lowest BCUT2D eigenvalue weighted by Gasteiger charge is -2.12. The van der Waals surface area contributed by atoms with E-state index in [9.17, 15) is 4.79 Å². The summed E-state index contributed by atoms with van der Waals surface area (Å²) in [7, 11) is 0. The summed E-state index contributed by atoms with van der Waals surface area (Å²) in [5.74, 6) is -0.788. The maximum absolute atomic E-state index is 10.6. The summed E-state index contributed by atoms with van der Waals surface area (Å²) < 4.78 is 0. The first-order valence-electron chi connectivity index (χ1n) is 3.02. The van der Waals surface area contributed by atoms with Gasteiger partial charge in [0.1, 0.15) is 5.41 Å². The first-order valence-corrected chi connectivity index (χ1v) is 3.02. The number of aromatic nitrogens is 4. The van der Waals surface area contributed by atoms with Crippen molar-refractivity contribution in [2.75, 3.05) is 0 Å². The highest BCUT2D eigenvalue weighted by Crippen LogP contribution is 2.17. The van der Waals surface area contributed by atoms with Crippen LogP contribution in [0.25, 0.3) is 0 Å². The number of H-pyrrole nitrogens is 1. The molecule has 6 heteroatoms. The van der Waals surface area contributed by atoms with E-state index in [1.165, 1.54) is 13.8 Å². The van der Waals surface area contributed by atoms with Gasteiger partial charge < -0.3 is 5.11 Å². The van der Waals surface area contributed by atoms with Crippen LogP contribution in [0.4, 0.5) is 0 Å². The topological polar surface area (TPSA) is 91.8 Å². The minimum atomic E-state index is -1.08. The summed E-state index contributed by atoms with van der Waals surface area (Å²) in [6.45, 7) is 3.03. The van der Waals surface area contributed by atoms with Gasteiger partial charge in [0.05, 0.1) is 0 Å². The second kappa shape index (κ2) is 2.30. The fourth-order valence-corrected chi connectivity index (χ4v) is 0.522. The number of aromatic amines is 1. The van der Waals surface area contributed by atoms with Crippen LogP contribution in [0.2, 0.25) is 0 Å². The van der Waals surface area contributed by atoms with E-state index in [1.54, 1.807) is 0 Å². The van der Waals surface area contributed by atoms with E-state index in [2.05, 4.69) is 20.6 Å². The van der Waals surface area contributed by atoms with Crippen LogP contribution in [0.5, 0.6) is 0 Å². The van der Waals surface area contributed by atoms with Gasteiger partial charge in [0.2, 0.25) is 0 Å². The third-order valence-electron chi connectivity index (χ3n) is 1.44. The van der Waals surface area contributed by atoms with Crippen LogP contribution >= 0.6 is 0 Å². The van der Waals surface area contributed by atoms with Crippen LogP contribution in [-0.4, -0.2) is 31.7 Å². The van der Waals surface area contributed by atoms with Crippen molar-refractivity contribution in [1.29, 1.82) is 0 Å². The monoisotopic (exact) mass is 156 g/mol. The molecule has 2 N–H and O–H groups in total. The fraction of sp³-hybridized carbons (Fsp3) is 0.600. The van der Waals surface area contributed by atoms with Crippen molar-refractivity contribution in [3.63, 3.8) is 0 Å². The minimum Gasteiger partial charge on any atom is -0.481 e. The Bertz CT molecular complexity index is 253. The summed E-state index contributed by atoms with van der Waals surface area (Å²) in [5, 5.41) is 21.3. The SMILES string of the molecule is CC(C)(C(=O)O)c1nn[nH]n1. The Kier molecular flexibility index (Phi) is 1.60. The van der Waals surface area contributed by atoms with Crippen molar-refractivity contribution in [2.45, 2.75) is 19.3 Å². The molecule has 0 radical (unpaired) electrons. The van der Waals surface area contributed by atoms with Gasteiger partial charge in [-0.05, 0) is 13.8 Å². The maximum Gasteiger partial charge on any atom is 0.316 e. The van der Waals surface area contributed by atoms with E-state index in [0.29, 0.717) is 0 Å². The van der Waals surface area contributed by atoms with Gasteiger partial charge >= 0.3 is 5.97 Å². The summed E-state index contributed by atoms with van der Waals surface area (Å²) in [6, 6.07) is 0. The van der Waals surface area contributed by atoms with E-state index >= 15 is 0 Å². The highest BCUT2D eigenvalue weighted by Gasteiger charge is 2.33. The van der Waals surface area contributed by atoms with Crippen LogP contribution in [0.1, 0.15) is 19.7 Å². The lowest BCUT2D eigenvalue weighted by Crippen LogP contribution is -2.29. The van der Waals surface area contributed by atoms with E-state index in [-0.39, 0.29) is 5.82 Å². The predicted molar refractivity (Wildman–Crippen MR) is 34.8 cm³/mol. The smallest absolute Gasteiger partial charge is 0.316 e. The first-order chi connectivity index (χ1) is 5.05. The molecule has 1 heterocycles. The number of tetrazole rings is 1. The van der Waals surface area contributed by atoms with Gasteiger partial charge in [0.25, 0.3) is 0 Å². The van der Waals surface area contributed by atoms with Crippen LogP contribution in [0.15, 0.2) is 0 Å². The Balaban J connectivity index is 3.00. The molecule has 0 unspecified atom stereocenters. The van der Waals surface area contributed by atoms with Crippen molar-refractivity contribution < 1.29 is 9.90 Å². The second-order valence-electron chi connectivity index (χ2n) is 2.67. The summed E-state index contributed by atoms with van der Waals surface area (Å²) in [4.78, 5) is 10.6. The molecule has 0 saturated carbocycles. The Labute approximate surface area is 62.6 Å². The molecule has 0 aromatic carbocycles. The van der Waals surface area contributed by atoms with Crippen molar-refractivity contribution in [3.8, 4) is 0 Å². The van der Waals surface area contributed by atoms with Gasteiger partial charge in [-0.3, -0.25) is 4.79 Å². The molecule has 1 rings (SSSR count). The largest absolute Gasteiger partial charge is 0.481 e. The zero-order chi connectivity index (χ0) is 8.48. The number of carboxylic acid groups (broad SMARTS) is 1. The molecule has 0 spiro atoms. The lowest BCUT2D eigenvalue weighted by molar-refractivity contribution is -0.142. The average Bonchev–Trinajstić information content (AvgIpc) is 2.37. The fourth-order valence-electron chi connectivity index (χ4n) is 0.522. The number of hydrogen-bond acceptors (Lipinski definition) is 4. The second-order valence-corrected chi connectivity index (χ2v) is 2.67. The van der Waals surface area contributed by atoms with Gasteiger partial charge in [-0.1, -0.05) is 5.21 Å². The molecule has 0 amide bonds. The Hall–Kier alpha value is -1.46. The standard InChI is InChI=1S/C5H8N4O2/c1-5(2,4(10)11)3-6-8-9-7-3/h1-2H3,(H,10,11)(H,6,7,8,9). The van der Waals surface area contributed by atoms with Gasteiger partial charge in [0, 0.05) is 0 Å². The molecular formula is C5H8N4O2. The molecule has 0 fully saturated rings. The van der Waals surface area contributed by atoms with Crippen molar-refractivity contribution in [1.82, 2.24) is 20.6 Å². The number of carbonyl (C=O) groups is 1. The minimum absolute atomic E-state index is 0.185. The molecule has 1 aromatic rings. The number of nitrogens with zero attached hydrogens (tertiary/aromatic N) is 3. The van der Waals surface area contributed by atoms with Gasteiger partial charge in [0.15, 0.2) is 5.82 Å². The molecule has 0 bridgehead atoms.